The summed E-state index contributed by atoms with van der Waals surface area (Å²) in [4.78, 5) is 18.9. The first-order valence-corrected chi connectivity index (χ1v) is 5.81. The maximum absolute atomic E-state index is 10.8. The molecular formula is C12H12N4O2. The van der Waals surface area contributed by atoms with Gasteiger partial charge >= 0.3 is 5.97 Å². The molecule has 1 saturated carbocycles. The monoisotopic (exact) mass is 244 g/mol. The molecule has 0 bridgehead atoms. The summed E-state index contributed by atoms with van der Waals surface area (Å²) in [6.07, 6.45) is 7.51. The van der Waals surface area contributed by atoms with E-state index in [2.05, 4.69) is 15.1 Å². The summed E-state index contributed by atoms with van der Waals surface area (Å²) in [5.74, 6) is 0.0880. The molecular weight excluding hydrogens is 232 g/mol. The van der Waals surface area contributed by atoms with Crippen molar-refractivity contribution in [2.75, 3.05) is 0 Å². The molecule has 0 aromatic carbocycles. The van der Waals surface area contributed by atoms with Crippen LogP contribution in [0.4, 0.5) is 0 Å². The molecule has 2 aromatic heterocycles. The van der Waals surface area contributed by atoms with Crippen LogP contribution in [-0.4, -0.2) is 30.8 Å². The van der Waals surface area contributed by atoms with Gasteiger partial charge in [-0.1, -0.05) is 0 Å². The number of aromatic nitrogens is 4. The molecule has 1 aliphatic rings. The van der Waals surface area contributed by atoms with Gasteiger partial charge in [0.25, 0.3) is 0 Å². The Labute approximate surface area is 103 Å². The van der Waals surface area contributed by atoms with Crippen molar-refractivity contribution >= 4 is 5.97 Å². The zero-order valence-electron chi connectivity index (χ0n) is 9.65. The minimum Gasteiger partial charge on any atom is -0.477 e. The van der Waals surface area contributed by atoms with E-state index in [0.29, 0.717) is 5.82 Å². The van der Waals surface area contributed by atoms with Gasteiger partial charge in [-0.15, -0.1) is 0 Å². The van der Waals surface area contributed by atoms with Crippen LogP contribution in [0.5, 0.6) is 0 Å². The number of carboxylic acids is 1. The molecule has 18 heavy (non-hydrogen) atoms. The van der Waals surface area contributed by atoms with Crippen LogP contribution in [0.15, 0.2) is 24.7 Å². The average molecular weight is 244 g/mol. The second-order valence-electron chi connectivity index (χ2n) is 4.47. The van der Waals surface area contributed by atoms with Gasteiger partial charge in [0.1, 0.15) is 0 Å². The number of hydrogen-bond acceptors (Lipinski definition) is 4. The lowest BCUT2D eigenvalue weighted by Crippen LogP contribution is -2.02. The van der Waals surface area contributed by atoms with Crippen LogP contribution >= 0.6 is 0 Å². The van der Waals surface area contributed by atoms with Crippen molar-refractivity contribution in [2.45, 2.75) is 19.4 Å². The standard InChI is InChI=1S/C12H12N4O2/c17-12(18)10-3-4-13-11(15-10)9-5-14-16(7-9)6-8-1-2-8/h3-5,7-8H,1-2,6H2,(H,17,18). The second kappa shape index (κ2) is 4.21. The van der Waals surface area contributed by atoms with Crippen molar-refractivity contribution < 1.29 is 9.90 Å². The molecule has 0 saturated heterocycles. The maximum atomic E-state index is 10.8. The van der Waals surface area contributed by atoms with Crippen LogP contribution in [0, 0.1) is 5.92 Å². The van der Waals surface area contributed by atoms with Crippen LogP contribution in [0.1, 0.15) is 23.3 Å². The summed E-state index contributed by atoms with van der Waals surface area (Å²) in [6.45, 7) is 0.915. The lowest BCUT2D eigenvalue weighted by molar-refractivity contribution is 0.0690. The number of nitrogens with zero attached hydrogens (tertiary/aromatic N) is 4. The molecule has 92 valence electrons. The normalized spacial score (nSPS) is 14.7. The minimum atomic E-state index is -1.05. The fourth-order valence-electron chi connectivity index (χ4n) is 1.76. The van der Waals surface area contributed by atoms with Gasteiger partial charge in [0.05, 0.1) is 11.8 Å². The van der Waals surface area contributed by atoms with E-state index in [4.69, 9.17) is 5.11 Å². The Morgan fingerprint density at radius 2 is 2.33 bits per heavy atom. The third-order valence-corrected chi connectivity index (χ3v) is 2.91. The minimum absolute atomic E-state index is 0.00468. The lowest BCUT2D eigenvalue weighted by Gasteiger charge is -1.98. The highest BCUT2D eigenvalue weighted by atomic mass is 16.4. The van der Waals surface area contributed by atoms with Gasteiger partial charge in [-0.05, 0) is 24.8 Å². The van der Waals surface area contributed by atoms with Crippen molar-refractivity contribution in [3.8, 4) is 11.4 Å². The van der Waals surface area contributed by atoms with Gasteiger partial charge in [0.2, 0.25) is 0 Å². The zero-order valence-corrected chi connectivity index (χ0v) is 9.65. The molecule has 0 radical (unpaired) electrons. The van der Waals surface area contributed by atoms with Gasteiger partial charge in [-0.25, -0.2) is 14.8 Å². The predicted octanol–water partition coefficient (Wildman–Crippen LogP) is 1.45. The first-order chi connectivity index (χ1) is 8.72. The first kappa shape index (κ1) is 10.9. The summed E-state index contributed by atoms with van der Waals surface area (Å²) >= 11 is 0. The predicted molar refractivity (Wildman–Crippen MR) is 62.9 cm³/mol. The van der Waals surface area contributed by atoms with E-state index in [9.17, 15) is 4.79 Å². The van der Waals surface area contributed by atoms with Crippen LogP contribution in [-0.2, 0) is 6.54 Å². The third kappa shape index (κ3) is 2.22. The molecule has 1 aliphatic carbocycles. The van der Waals surface area contributed by atoms with E-state index < -0.39 is 5.97 Å². The van der Waals surface area contributed by atoms with E-state index in [1.54, 1.807) is 6.20 Å². The zero-order chi connectivity index (χ0) is 12.5. The Morgan fingerprint density at radius 3 is 3.06 bits per heavy atom. The number of hydrogen-bond donors (Lipinski definition) is 1. The quantitative estimate of drug-likeness (QED) is 0.880. The summed E-state index contributed by atoms with van der Waals surface area (Å²) in [6, 6.07) is 1.38. The number of aromatic carboxylic acids is 1. The number of carbonyl (C=O) groups is 1. The van der Waals surface area contributed by atoms with Gasteiger partial charge in [-0.2, -0.15) is 5.10 Å². The molecule has 6 nitrogen and oxygen atoms in total. The van der Waals surface area contributed by atoms with E-state index in [1.807, 2.05) is 10.9 Å². The Morgan fingerprint density at radius 1 is 1.50 bits per heavy atom. The van der Waals surface area contributed by atoms with Crippen molar-refractivity contribution in [1.29, 1.82) is 0 Å². The summed E-state index contributed by atoms with van der Waals surface area (Å²) < 4.78 is 1.86. The highest BCUT2D eigenvalue weighted by Gasteiger charge is 2.22. The highest BCUT2D eigenvalue weighted by molar-refractivity contribution is 5.85. The lowest BCUT2D eigenvalue weighted by atomic mass is 10.3. The fourth-order valence-corrected chi connectivity index (χ4v) is 1.76. The van der Waals surface area contributed by atoms with Crippen LogP contribution in [0.25, 0.3) is 11.4 Å². The number of rotatable bonds is 4. The molecule has 0 spiro atoms. The van der Waals surface area contributed by atoms with Gasteiger partial charge in [0.15, 0.2) is 11.5 Å². The van der Waals surface area contributed by atoms with Crippen molar-refractivity contribution in [1.82, 2.24) is 19.7 Å². The second-order valence-corrected chi connectivity index (χ2v) is 4.47. The smallest absolute Gasteiger partial charge is 0.354 e. The van der Waals surface area contributed by atoms with Crippen LogP contribution < -0.4 is 0 Å². The van der Waals surface area contributed by atoms with Crippen LogP contribution in [0.3, 0.4) is 0 Å². The number of carboxylic acid groups (broad SMARTS) is 1. The molecule has 2 heterocycles. The molecule has 2 aromatic rings. The Bertz CT molecular complexity index is 589. The first-order valence-electron chi connectivity index (χ1n) is 5.81. The van der Waals surface area contributed by atoms with E-state index in [-0.39, 0.29) is 5.69 Å². The van der Waals surface area contributed by atoms with Crippen LogP contribution in [0.2, 0.25) is 0 Å². The molecule has 1 N–H and O–H groups in total. The van der Waals surface area contributed by atoms with Crippen molar-refractivity contribution in [3.05, 3.63) is 30.4 Å². The average Bonchev–Trinajstić information content (AvgIpc) is 3.05. The fraction of sp³-hybridized carbons (Fsp3) is 0.333. The summed E-state index contributed by atoms with van der Waals surface area (Å²) in [5, 5.41) is 13.1. The maximum Gasteiger partial charge on any atom is 0.354 e. The third-order valence-electron chi connectivity index (χ3n) is 2.91. The van der Waals surface area contributed by atoms with E-state index in [1.165, 1.54) is 25.1 Å². The Balaban J connectivity index is 1.86. The van der Waals surface area contributed by atoms with Gasteiger partial charge < -0.3 is 5.11 Å². The molecule has 0 atom stereocenters. The summed E-state index contributed by atoms with van der Waals surface area (Å²) in [7, 11) is 0. The Kier molecular flexibility index (Phi) is 2.55. The molecule has 6 heteroatoms. The largest absolute Gasteiger partial charge is 0.477 e. The topological polar surface area (TPSA) is 80.9 Å². The van der Waals surface area contributed by atoms with Crippen molar-refractivity contribution in [2.24, 2.45) is 5.92 Å². The van der Waals surface area contributed by atoms with Gasteiger partial charge in [-0.3, -0.25) is 4.68 Å². The van der Waals surface area contributed by atoms with E-state index in [0.717, 1.165) is 18.0 Å². The van der Waals surface area contributed by atoms with Crippen molar-refractivity contribution in [3.63, 3.8) is 0 Å². The Hall–Kier alpha value is -2.24. The van der Waals surface area contributed by atoms with E-state index >= 15 is 0 Å². The molecule has 3 rings (SSSR count). The SMILES string of the molecule is O=C(O)c1ccnc(-c2cnn(CC3CC3)c2)n1. The molecule has 1 fully saturated rings. The highest BCUT2D eigenvalue weighted by Crippen LogP contribution is 2.30. The van der Waals surface area contributed by atoms with Gasteiger partial charge in [0, 0.05) is 18.9 Å². The molecule has 0 amide bonds. The molecule has 0 aliphatic heterocycles. The molecule has 0 unspecified atom stereocenters. The summed E-state index contributed by atoms with van der Waals surface area (Å²) in [5.41, 5.74) is 0.744.